The van der Waals surface area contributed by atoms with Crippen LogP contribution in [0.25, 0.3) is 0 Å². The van der Waals surface area contributed by atoms with E-state index in [4.69, 9.17) is 4.74 Å². The maximum atomic E-state index is 5.45. The van der Waals surface area contributed by atoms with Gasteiger partial charge in [0.05, 0.1) is 10.9 Å². The molecule has 0 aliphatic carbocycles. The minimum Gasteiger partial charge on any atom is -0.496 e. The van der Waals surface area contributed by atoms with E-state index < -0.39 is 0 Å². The number of hydrogen-bond acceptors (Lipinski definition) is 3. The number of methoxy groups -OCH3 is 1. The molecule has 0 saturated heterocycles. The van der Waals surface area contributed by atoms with Crippen molar-refractivity contribution in [3.05, 3.63) is 50.1 Å². The number of halogens is 1. The summed E-state index contributed by atoms with van der Waals surface area (Å²) >= 11 is 5.30. The molecule has 2 nitrogen and oxygen atoms in total. The van der Waals surface area contributed by atoms with E-state index in [2.05, 4.69) is 59.4 Å². The Labute approximate surface area is 133 Å². The molecule has 20 heavy (non-hydrogen) atoms. The van der Waals surface area contributed by atoms with Crippen molar-refractivity contribution in [2.24, 2.45) is 0 Å². The van der Waals surface area contributed by atoms with Crippen LogP contribution in [-0.2, 0) is 6.42 Å². The molecule has 1 aromatic heterocycles. The molecule has 0 spiro atoms. The van der Waals surface area contributed by atoms with E-state index in [0.717, 1.165) is 18.7 Å². The molecule has 1 aromatic carbocycles. The minimum atomic E-state index is 0.285. The Morgan fingerprint density at radius 3 is 2.75 bits per heavy atom. The van der Waals surface area contributed by atoms with E-state index in [-0.39, 0.29) is 6.04 Å². The van der Waals surface area contributed by atoms with Gasteiger partial charge in [0.1, 0.15) is 5.75 Å². The van der Waals surface area contributed by atoms with E-state index in [1.165, 1.54) is 19.8 Å². The van der Waals surface area contributed by atoms with Crippen LogP contribution in [-0.4, -0.2) is 13.7 Å². The van der Waals surface area contributed by atoms with Crippen LogP contribution < -0.4 is 10.1 Å². The predicted molar refractivity (Wildman–Crippen MR) is 89.9 cm³/mol. The van der Waals surface area contributed by atoms with Gasteiger partial charge < -0.3 is 10.1 Å². The lowest BCUT2D eigenvalue weighted by molar-refractivity contribution is 0.402. The van der Waals surface area contributed by atoms with Gasteiger partial charge in [0, 0.05) is 23.0 Å². The molecule has 1 unspecified atom stereocenters. The summed E-state index contributed by atoms with van der Waals surface area (Å²) in [5.74, 6) is 0.953. The molecule has 2 rings (SSSR count). The number of benzene rings is 1. The number of hydrogen-bond donors (Lipinski definition) is 1. The van der Waals surface area contributed by atoms with Crippen molar-refractivity contribution in [1.29, 1.82) is 0 Å². The first-order chi connectivity index (χ1) is 9.60. The van der Waals surface area contributed by atoms with Crippen molar-refractivity contribution in [2.75, 3.05) is 13.7 Å². The highest BCUT2D eigenvalue weighted by Gasteiger charge is 2.11. The minimum absolute atomic E-state index is 0.285. The Morgan fingerprint density at radius 2 is 2.10 bits per heavy atom. The highest BCUT2D eigenvalue weighted by molar-refractivity contribution is 9.11. The zero-order valence-corrected chi connectivity index (χ0v) is 14.5. The standard InChI is InChI=1S/C16H20BrNOS/c1-11-4-6-15(19-3)14(10-11)12(2)18-9-8-13-5-7-16(17)20-13/h4-7,10,12,18H,8-9H2,1-3H3. The fourth-order valence-electron chi connectivity index (χ4n) is 2.20. The first-order valence-electron chi connectivity index (χ1n) is 6.72. The molecule has 4 heteroatoms. The molecular weight excluding hydrogens is 334 g/mol. The predicted octanol–water partition coefficient (Wildman–Crippen LogP) is 4.72. The van der Waals surface area contributed by atoms with Crippen LogP contribution in [0.3, 0.4) is 0 Å². The number of aryl methyl sites for hydroxylation is 1. The average molecular weight is 354 g/mol. The van der Waals surface area contributed by atoms with Crippen LogP contribution in [0.4, 0.5) is 0 Å². The molecule has 2 aromatic rings. The van der Waals surface area contributed by atoms with Crippen molar-refractivity contribution in [2.45, 2.75) is 26.3 Å². The maximum Gasteiger partial charge on any atom is 0.123 e. The van der Waals surface area contributed by atoms with Crippen LogP contribution in [0.1, 0.15) is 29.0 Å². The van der Waals surface area contributed by atoms with Crippen molar-refractivity contribution >= 4 is 27.3 Å². The third kappa shape index (κ3) is 4.08. The van der Waals surface area contributed by atoms with Crippen LogP contribution in [0.2, 0.25) is 0 Å². The summed E-state index contributed by atoms with van der Waals surface area (Å²) in [7, 11) is 1.73. The lowest BCUT2D eigenvalue weighted by Gasteiger charge is -2.17. The van der Waals surface area contributed by atoms with Gasteiger partial charge in [-0.15, -0.1) is 11.3 Å². The van der Waals surface area contributed by atoms with Crippen molar-refractivity contribution in [1.82, 2.24) is 5.32 Å². The van der Waals surface area contributed by atoms with E-state index in [9.17, 15) is 0 Å². The average Bonchev–Trinajstić information content (AvgIpc) is 2.84. The second-order valence-electron chi connectivity index (χ2n) is 4.88. The van der Waals surface area contributed by atoms with Crippen LogP contribution in [0.15, 0.2) is 34.1 Å². The van der Waals surface area contributed by atoms with Crippen molar-refractivity contribution < 1.29 is 4.74 Å². The van der Waals surface area contributed by atoms with Gasteiger partial charge in [0.25, 0.3) is 0 Å². The second kappa shape index (κ2) is 7.25. The van der Waals surface area contributed by atoms with E-state index in [1.807, 2.05) is 6.07 Å². The molecular formula is C16H20BrNOS. The largest absolute Gasteiger partial charge is 0.496 e. The molecule has 0 amide bonds. The quantitative estimate of drug-likeness (QED) is 0.810. The Bertz CT molecular complexity index is 567. The van der Waals surface area contributed by atoms with Gasteiger partial charge in [-0.3, -0.25) is 0 Å². The van der Waals surface area contributed by atoms with Crippen LogP contribution in [0, 0.1) is 6.92 Å². The Morgan fingerprint density at radius 1 is 1.30 bits per heavy atom. The fourth-order valence-corrected chi connectivity index (χ4v) is 3.68. The summed E-state index contributed by atoms with van der Waals surface area (Å²) in [6, 6.07) is 10.9. The molecule has 0 fully saturated rings. The summed E-state index contributed by atoms with van der Waals surface area (Å²) in [5, 5.41) is 3.57. The van der Waals surface area contributed by atoms with Crippen LogP contribution >= 0.6 is 27.3 Å². The summed E-state index contributed by atoms with van der Waals surface area (Å²) in [5.41, 5.74) is 2.48. The van der Waals surface area contributed by atoms with E-state index in [1.54, 1.807) is 18.4 Å². The number of rotatable bonds is 6. The highest BCUT2D eigenvalue weighted by Crippen LogP contribution is 2.26. The van der Waals surface area contributed by atoms with Gasteiger partial charge >= 0.3 is 0 Å². The van der Waals surface area contributed by atoms with Crippen LogP contribution in [0.5, 0.6) is 5.75 Å². The zero-order chi connectivity index (χ0) is 14.5. The first kappa shape index (κ1) is 15.5. The molecule has 0 aliphatic rings. The number of thiophene rings is 1. The van der Waals surface area contributed by atoms with Gasteiger partial charge in [0.2, 0.25) is 0 Å². The number of nitrogens with one attached hydrogen (secondary N) is 1. The monoisotopic (exact) mass is 353 g/mol. The lowest BCUT2D eigenvalue weighted by Crippen LogP contribution is -2.21. The molecule has 1 atom stereocenters. The van der Waals surface area contributed by atoms with E-state index in [0.29, 0.717) is 0 Å². The fraction of sp³-hybridized carbons (Fsp3) is 0.375. The lowest BCUT2D eigenvalue weighted by atomic mass is 10.0. The second-order valence-corrected chi connectivity index (χ2v) is 7.42. The first-order valence-corrected chi connectivity index (χ1v) is 8.33. The van der Waals surface area contributed by atoms with Gasteiger partial charge in [-0.2, -0.15) is 0 Å². The summed E-state index contributed by atoms with van der Waals surface area (Å²) in [6.07, 6.45) is 1.05. The molecule has 0 radical (unpaired) electrons. The van der Waals surface area contributed by atoms with Gasteiger partial charge in [-0.05, 0) is 54.4 Å². The number of ether oxygens (including phenoxy) is 1. The topological polar surface area (TPSA) is 21.3 Å². The summed E-state index contributed by atoms with van der Waals surface area (Å²) < 4.78 is 6.64. The van der Waals surface area contributed by atoms with Gasteiger partial charge in [0.15, 0.2) is 0 Å². The van der Waals surface area contributed by atoms with E-state index >= 15 is 0 Å². The van der Waals surface area contributed by atoms with Gasteiger partial charge in [-0.1, -0.05) is 17.7 Å². The van der Waals surface area contributed by atoms with Crippen molar-refractivity contribution in [3.63, 3.8) is 0 Å². The maximum absolute atomic E-state index is 5.45. The highest BCUT2D eigenvalue weighted by atomic mass is 79.9. The molecule has 0 aliphatic heterocycles. The normalized spacial score (nSPS) is 12.4. The molecule has 1 N–H and O–H groups in total. The molecule has 0 bridgehead atoms. The summed E-state index contributed by atoms with van der Waals surface area (Å²) in [6.45, 7) is 5.26. The molecule has 1 heterocycles. The third-order valence-electron chi connectivity index (χ3n) is 3.30. The SMILES string of the molecule is COc1ccc(C)cc1C(C)NCCc1ccc(Br)s1. The van der Waals surface area contributed by atoms with Gasteiger partial charge in [-0.25, -0.2) is 0 Å². The van der Waals surface area contributed by atoms with Crippen molar-refractivity contribution in [3.8, 4) is 5.75 Å². The Balaban J connectivity index is 1.94. The smallest absolute Gasteiger partial charge is 0.123 e. The Kier molecular flexibility index (Phi) is 5.64. The third-order valence-corrected chi connectivity index (χ3v) is 4.99. The Hall–Kier alpha value is -0.840. The molecule has 0 saturated carbocycles. The zero-order valence-electron chi connectivity index (χ0n) is 12.1. The summed E-state index contributed by atoms with van der Waals surface area (Å²) in [4.78, 5) is 1.40. The molecule has 108 valence electrons.